The standard InChI is InChI=1S/C14H21NO2/c1-3-11-4-5-12(16)8-13(11)15-7-6-14(17)10(2)9-15/h6-7,9,11-13,16H,3-5,8H2,1-2H3. The van der Waals surface area contributed by atoms with Crippen LogP contribution >= 0.6 is 0 Å². The number of aromatic nitrogens is 1. The molecule has 3 nitrogen and oxygen atoms in total. The molecule has 0 radical (unpaired) electrons. The van der Waals surface area contributed by atoms with Gasteiger partial charge in [0, 0.05) is 30.1 Å². The van der Waals surface area contributed by atoms with E-state index in [2.05, 4.69) is 11.5 Å². The van der Waals surface area contributed by atoms with E-state index in [4.69, 9.17) is 0 Å². The van der Waals surface area contributed by atoms with E-state index in [-0.39, 0.29) is 11.5 Å². The normalized spacial score (nSPS) is 29.2. The maximum Gasteiger partial charge on any atom is 0.184 e. The molecule has 0 bridgehead atoms. The SMILES string of the molecule is CCC1CCC(O)CC1n1ccc(=O)c(C)c1. The molecule has 1 aromatic rings. The highest BCUT2D eigenvalue weighted by Gasteiger charge is 2.29. The zero-order valence-corrected chi connectivity index (χ0v) is 10.6. The first-order valence-corrected chi connectivity index (χ1v) is 6.48. The lowest BCUT2D eigenvalue weighted by atomic mass is 9.81. The summed E-state index contributed by atoms with van der Waals surface area (Å²) < 4.78 is 2.12. The third-order valence-corrected chi connectivity index (χ3v) is 3.97. The molecule has 3 heteroatoms. The van der Waals surface area contributed by atoms with Gasteiger partial charge in [-0.15, -0.1) is 0 Å². The second-order valence-electron chi connectivity index (χ2n) is 5.14. The Morgan fingerprint density at radius 2 is 2.24 bits per heavy atom. The molecule has 1 aliphatic carbocycles. The van der Waals surface area contributed by atoms with Crippen LogP contribution < -0.4 is 5.43 Å². The zero-order chi connectivity index (χ0) is 12.4. The van der Waals surface area contributed by atoms with Crippen LogP contribution in [-0.2, 0) is 0 Å². The fourth-order valence-electron chi connectivity index (χ4n) is 2.85. The minimum atomic E-state index is -0.192. The summed E-state index contributed by atoms with van der Waals surface area (Å²) >= 11 is 0. The van der Waals surface area contributed by atoms with Gasteiger partial charge in [0.1, 0.15) is 0 Å². The molecular formula is C14H21NO2. The first-order valence-electron chi connectivity index (χ1n) is 6.48. The Hall–Kier alpha value is -1.09. The Kier molecular flexibility index (Phi) is 3.67. The fourth-order valence-corrected chi connectivity index (χ4v) is 2.85. The van der Waals surface area contributed by atoms with Crippen molar-refractivity contribution in [3.63, 3.8) is 0 Å². The van der Waals surface area contributed by atoms with Crippen molar-refractivity contribution in [2.45, 2.75) is 51.7 Å². The van der Waals surface area contributed by atoms with E-state index in [1.165, 1.54) is 0 Å². The molecule has 1 heterocycles. The van der Waals surface area contributed by atoms with Crippen LogP contribution in [0.5, 0.6) is 0 Å². The summed E-state index contributed by atoms with van der Waals surface area (Å²) in [4.78, 5) is 11.4. The van der Waals surface area contributed by atoms with E-state index < -0.39 is 0 Å². The lowest BCUT2D eigenvalue weighted by Crippen LogP contribution is -2.30. The van der Waals surface area contributed by atoms with Crippen LogP contribution in [0.1, 0.15) is 44.2 Å². The summed E-state index contributed by atoms with van der Waals surface area (Å²) in [5.74, 6) is 0.611. The van der Waals surface area contributed by atoms with Crippen molar-refractivity contribution in [1.29, 1.82) is 0 Å². The average molecular weight is 235 g/mol. The van der Waals surface area contributed by atoms with Gasteiger partial charge in [-0.25, -0.2) is 0 Å². The minimum absolute atomic E-state index is 0.0886. The van der Waals surface area contributed by atoms with Gasteiger partial charge in [0.15, 0.2) is 5.43 Å². The van der Waals surface area contributed by atoms with Gasteiger partial charge < -0.3 is 9.67 Å². The van der Waals surface area contributed by atoms with Crippen molar-refractivity contribution in [2.24, 2.45) is 5.92 Å². The largest absolute Gasteiger partial charge is 0.393 e. The van der Waals surface area contributed by atoms with Gasteiger partial charge in [0.25, 0.3) is 0 Å². The molecular weight excluding hydrogens is 214 g/mol. The molecule has 2 rings (SSSR count). The zero-order valence-electron chi connectivity index (χ0n) is 10.6. The van der Waals surface area contributed by atoms with Crippen LogP contribution in [-0.4, -0.2) is 15.8 Å². The lowest BCUT2D eigenvalue weighted by Gasteiger charge is -2.35. The first-order chi connectivity index (χ1) is 8.11. The van der Waals surface area contributed by atoms with Crippen LogP contribution in [0.3, 0.4) is 0 Å². The molecule has 0 aliphatic heterocycles. The number of nitrogens with zero attached hydrogens (tertiary/aromatic N) is 1. The molecule has 1 aliphatic rings. The van der Waals surface area contributed by atoms with Crippen molar-refractivity contribution in [3.05, 3.63) is 34.2 Å². The van der Waals surface area contributed by atoms with Gasteiger partial charge in [0.2, 0.25) is 0 Å². The maximum atomic E-state index is 11.4. The van der Waals surface area contributed by atoms with E-state index >= 15 is 0 Å². The second-order valence-corrected chi connectivity index (χ2v) is 5.14. The summed E-state index contributed by atoms with van der Waals surface area (Å²) in [7, 11) is 0. The van der Waals surface area contributed by atoms with E-state index in [1.807, 2.05) is 19.3 Å². The predicted octanol–water partition coefficient (Wildman–Crippen LogP) is 2.27. The molecule has 0 aromatic carbocycles. The number of aryl methyl sites for hydroxylation is 1. The Balaban J connectivity index is 2.28. The Morgan fingerprint density at radius 1 is 1.47 bits per heavy atom. The van der Waals surface area contributed by atoms with E-state index in [0.717, 1.165) is 31.2 Å². The fraction of sp³-hybridized carbons (Fsp3) is 0.643. The molecule has 1 aromatic heterocycles. The van der Waals surface area contributed by atoms with Gasteiger partial charge in [0.05, 0.1) is 6.10 Å². The highest BCUT2D eigenvalue weighted by molar-refractivity contribution is 5.09. The van der Waals surface area contributed by atoms with Gasteiger partial charge in [-0.2, -0.15) is 0 Å². The van der Waals surface area contributed by atoms with Crippen LogP contribution in [0, 0.1) is 12.8 Å². The second kappa shape index (κ2) is 5.05. The van der Waals surface area contributed by atoms with Crippen molar-refractivity contribution in [2.75, 3.05) is 0 Å². The first kappa shape index (κ1) is 12.4. The van der Waals surface area contributed by atoms with E-state index in [1.54, 1.807) is 6.07 Å². The number of rotatable bonds is 2. The average Bonchev–Trinajstić information content (AvgIpc) is 2.32. The number of hydrogen-bond acceptors (Lipinski definition) is 2. The van der Waals surface area contributed by atoms with Crippen molar-refractivity contribution >= 4 is 0 Å². The van der Waals surface area contributed by atoms with Crippen LogP contribution in [0.15, 0.2) is 23.3 Å². The van der Waals surface area contributed by atoms with Crippen molar-refractivity contribution in [1.82, 2.24) is 4.57 Å². The molecule has 0 spiro atoms. The van der Waals surface area contributed by atoms with E-state index in [0.29, 0.717) is 12.0 Å². The number of hydrogen-bond donors (Lipinski definition) is 1. The highest BCUT2D eigenvalue weighted by Crippen LogP contribution is 2.35. The molecule has 94 valence electrons. The molecule has 17 heavy (non-hydrogen) atoms. The third-order valence-electron chi connectivity index (χ3n) is 3.97. The summed E-state index contributed by atoms with van der Waals surface area (Å²) in [6, 6.07) is 1.96. The van der Waals surface area contributed by atoms with Gasteiger partial charge in [-0.05, 0) is 32.1 Å². The van der Waals surface area contributed by atoms with Crippen LogP contribution in [0.2, 0.25) is 0 Å². The molecule has 1 saturated carbocycles. The number of aliphatic hydroxyl groups excluding tert-OH is 1. The number of pyridine rings is 1. The Labute approximate surface area is 102 Å². The van der Waals surface area contributed by atoms with Crippen LogP contribution in [0.25, 0.3) is 0 Å². The summed E-state index contributed by atoms with van der Waals surface area (Å²) in [6.07, 6.45) is 7.52. The predicted molar refractivity (Wildman–Crippen MR) is 68.1 cm³/mol. The van der Waals surface area contributed by atoms with Crippen molar-refractivity contribution in [3.8, 4) is 0 Å². The molecule has 1 fully saturated rings. The minimum Gasteiger partial charge on any atom is -0.393 e. The topological polar surface area (TPSA) is 42.2 Å². The molecule has 3 atom stereocenters. The summed E-state index contributed by atoms with van der Waals surface area (Å²) in [6.45, 7) is 4.05. The molecule has 0 saturated heterocycles. The smallest absolute Gasteiger partial charge is 0.184 e. The number of aliphatic hydroxyl groups is 1. The quantitative estimate of drug-likeness (QED) is 0.854. The summed E-state index contributed by atoms with van der Waals surface area (Å²) in [5, 5.41) is 9.80. The highest BCUT2D eigenvalue weighted by atomic mass is 16.3. The molecule has 1 N–H and O–H groups in total. The Bertz CT molecular complexity index is 438. The maximum absolute atomic E-state index is 11.4. The molecule has 0 amide bonds. The van der Waals surface area contributed by atoms with Gasteiger partial charge in [-0.3, -0.25) is 4.79 Å². The van der Waals surface area contributed by atoms with Crippen LogP contribution in [0.4, 0.5) is 0 Å². The van der Waals surface area contributed by atoms with Crippen molar-refractivity contribution < 1.29 is 5.11 Å². The summed E-state index contributed by atoms with van der Waals surface area (Å²) in [5.41, 5.74) is 0.869. The lowest BCUT2D eigenvalue weighted by molar-refractivity contribution is 0.0710. The monoisotopic (exact) mass is 235 g/mol. The third kappa shape index (κ3) is 2.60. The van der Waals surface area contributed by atoms with Gasteiger partial charge >= 0.3 is 0 Å². The van der Waals surface area contributed by atoms with Gasteiger partial charge in [-0.1, -0.05) is 13.3 Å². The molecule has 3 unspecified atom stereocenters. The van der Waals surface area contributed by atoms with E-state index in [9.17, 15) is 9.90 Å². The Morgan fingerprint density at radius 3 is 2.88 bits per heavy atom.